The van der Waals surface area contributed by atoms with Crippen LogP contribution in [0.1, 0.15) is 24.4 Å². The minimum atomic E-state index is -0.128. The number of halogens is 1. The summed E-state index contributed by atoms with van der Waals surface area (Å²) in [5.41, 5.74) is 7.01. The van der Waals surface area contributed by atoms with Gasteiger partial charge in [0.25, 0.3) is 0 Å². The molecule has 0 aliphatic carbocycles. The number of hydrogen-bond acceptors (Lipinski definition) is 4. The van der Waals surface area contributed by atoms with Crippen molar-refractivity contribution in [2.45, 2.75) is 18.9 Å². The van der Waals surface area contributed by atoms with Crippen molar-refractivity contribution >= 4 is 15.9 Å². The Hall–Kier alpha value is -0.780. The van der Waals surface area contributed by atoms with Crippen LogP contribution in [-0.2, 0) is 0 Å². The number of ether oxygens (including phenoxy) is 2. The highest BCUT2D eigenvalue weighted by atomic mass is 79.9. The van der Waals surface area contributed by atoms with Crippen molar-refractivity contribution in [2.75, 3.05) is 20.8 Å². The molecule has 0 aromatic heterocycles. The molecule has 0 saturated carbocycles. The van der Waals surface area contributed by atoms with E-state index in [2.05, 4.69) is 15.9 Å². The molecule has 3 N–H and O–H groups in total. The van der Waals surface area contributed by atoms with E-state index < -0.39 is 0 Å². The summed E-state index contributed by atoms with van der Waals surface area (Å²) < 4.78 is 11.3. The van der Waals surface area contributed by atoms with Gasteiger partial charge in [0.05, 0.1) is 14.2 Å². The second-order valence-electron chi connectivity index (χ2n) is 3.70. The Morgan fingerprint density at radius 2 is 1.88 bits per heavy atom. The largest absolute Gasteiger partial charge is 0.493 e. The normalized spacial score (nSPS) is 12.3. The minimum Gasteiger partial charge on any atom is -0.493 e. The van der Waals surface area contributed by atoms with Crippen LogP contribution in [0.3, 0.4) is 0 Å². The van der Waals surface area contributed by atoms with Crippen LogP contribution in [0.5, 0.6) is 11.5 Å². The molecule has 0 amide bonds. The van der Waals surface area contributed by atoms with E-state index >= 15 is 0 Å². The molecule has 96 valence electrons. The van der Waals surface area contributed by atoms with E-state index in [1.54, 1.807) is 14.2 Å². The van der Waals surface area contributed by atoms with Gasteiger partial charge >= 0.3 is 0 Å². The van der Waals surface area contributed by atoms with E-state index in [4.69, 9.17) is 20.3 Å². The Morgan fingerprint density at radius 1 is 1.29 bits per heavy atom. The van der Waals surface area contributed by atoms with Crippen LogP contribution in [0.4, 0.5) is 0 Å². The van der Waals surface area contributed by atoms with Crippen LogP contribution < -0.4 is 15.2 Å². The zero-order chi connectivity index (χ0) is 12.8. The SMILES string of the molecule is COc1cc(Br)c([C@H](N)CCCO)cc1OC. The zero-order valence-electron chi connectivity index (χ0n) is 10.1. The maximum Gasteiger partial charge on any atom is 0.161 e. The molecule has 0 radical (unpaired) electrons. The van der Waals surface area contributed by atoms with Crippen LogP contribution >= 0.6 is 15.9 Å². The molecule has 0 bridgehead atoms. The summed E-state index contributed by atoms with van der Waals surface area (Å²) in [4.78, 5) is 0. The van der Waals surface area contributed by atoms with Crippen LogP contribution in [0.25, 0.3) is 0 Å². The Labute approximate surface area is 110 Å². The van der Waals surface area contributed by atoms with Crippen molar-refractivity contribution in [2.24, 2.45) is 5.73 Å². The van der Waals surface area contributed by atoms with Gasteiger partial charge in [0.1, 0.15) is 0 Å². The third-order valence-corrected chi connectivity index (χ3v) is 3.26. The monoisotopic (exact) mass is 303 g/mol. The summed E-state index contributed by atoms with van der Waals surface area (Å²) in [6.07, 6.45) is 1.41. The van der Waals surface area contributed by atoms with Gasteiger partial charge in [-0.1, -0.05) is 15.9 Å². The molecular weight excluding hydrogens is 286 g/mol. The highest BCUT2D eigenvalue weighted by Gasteiger charge is 2.14. The maximum absolute atomic E-state index is 8.80. The van der Waals surface area contributed by atoms with E-state index in [-0.39, 0.29) is 12.6 Å². The fourth-order valence-electron chi connectivity index (χ4n) is 1.62. The summed E-state index contributed by atoms with van der Waals surface area (Å²) in [5, 5.41) is 8.80. The molecule has 4 nitrogen and oxygen atoms in total. The van der Waals surface area contributed by atoms with Crippen LogP contribution in [0, 0.1) is 0 Å². The number of rotatable bonds is 6. The average molecular weight is 304 g/mol. The van der Waals surface area contributed by atoms with Gasteiger partial charge < -0.3 is 20.3 Å². The molecule has 5 heteroatoms. The predicted molar refractivity (Wildman–Crippen MR) is 70.5 cm³/mol. The van der Waals surface area contributed by atoms with Crippen molar-refractivity contribution in [1.82, 2.24) is 0 Å². The van der Waals surface area contributed by atoms with Crippen molar-refractivity contribution in [3.63, 3.8) is 0 Å². The first kappa shape index (κ1) is 14.3. The van der Waals surface area contributed by atoms with Crippen LogP contribution in [-0.4, -0.2) is 25.9 Å². The number of aliphatic hydroxyl groups is 1. The second kappa shape index (κ2) is 6.83. The number of benzene rings is 1. The summed E-state index contributed by atoms with van der Waals surface area (Å²) in [5.74, 6) is 1.32. The van der Waals surface area contributed by atoms with E-state index in [9.17, 15) is 0 Å². The Kier molecular flexibility index (Phi) is 5.74. The molecule has 17 heavy (non-hydrogen) atoms. The lowest BCUT2D eigenvalue weighted by Gasteiger charge is -2.16. The molecule has 1 aromatic carbocycles. The van der Waals surface area contributed by atoms with E-state index in [1.807, 2.05) is 12.1 Å². The summed E-state index contributed by atoms with van der Waals surface area (Å²) in [6, 6.07) is 3.58. The van der Waals surface area contributed by atoms with E-state index in [0.29, 0.717) is 17.9 Å². The number of nitrogens with two attached hydrogens (primary N) is 1. The van der Waals surface area contributed by atoms with Crippen molar-refractivity contribution < 1.29 is 14.6 Å². The fraction of sp³-hybridized carbons (Fsp3) is 0.500. The van der Waals surface area contributed by atoms with E-state index in [1.165, 1.54) is 0 Å². The summed E-state index contributed by atoms with van der Waals surface area (Å²) >= 11 is 3.47. The molecule has 1 atom stereocenters. The first-order chi connectivity index (χ1) is 8.13. The molecule has 0 saturated heterocycles. The topological polar surface area (TPSA) is 64.7 Å². The molecule has 0 heterocycles. The zero-order valence-corrected chi connectivity index (χ0v) is 11.7. The lowest BCUT2D eigenvalue weighted by molar-refractivity contribution is 0.279. The van der Waals surface area contributed by atoms with Crippen LogP contribution in [0.15, 0.2) is 16.6 Å². The highest BCUT2D eigenvalue weighted by Crippen LogP contribution is 2.36. The second-order valence-corrected chi connectivity index (χ2v) is 4.56. The first-order valence-corrected chi connectivity index (χ1v) is 6.21. The van der Waals surface area contributed by atoms with Gasteiger partial charge in [-0.25, -0.2) is 0 Å². The van der Waals surface area contributed by atoms with Crippen molar-refractivity contribution in [1.29, 1.82) is 0 Å². The van der Waals surface area contributed by atoms with Gasteiger partial charge in [0.15, 0.2) is 11.5 Å². The Morgan fingerprint density at radius 3 is 2.41 bits per heavy atom. The van der Waals surface area contributed by atoms with Gasteiger partial charge in [-0.3, -0.25) is 0 Å². The van der Waals surface area contributed by atoms with E-state index in [0.717, 1.165) is 16.5 Å². The third-order valence-electron chi connectivity index (χ3n) is 2.58. The standard InChI is InChI=1S/C12H18BrNO3/c1-16-11-6-8(10(14)4-3-5-15)9(13)7-12(11)17-2/h6-7,10,15H,3-5,14H2,1-2H3/t10-/m1/s1. The minimum absolute atomic E-state index is 0.128. The third kappa shape index (κ3) is 3.59. The Balaban J connectivity index is 2.99. The Bertz CT molecular complexity index is 371. The van der Waals surface area contributed by atoms with Gasteiger partial charge in [-0.2, -0.15) is 0 Å². The average Bonchev–Trinajstić information content (AvgIpc) is 2.35. The number of hydrogen-bond donors (Lipinski definition) is 2. The summed E-state index contributed by atoms with van der Waals surface area (Å²) in [6.45, 7) is 0.151. The van der Waals surface area contributed by atoms with Gasteiger partial charge in [-0.15, -0.1) is 0 Å². The molecule has 1 rings (SSSR count). The summed E-state index contributed by atoms with van der Waals surface area (Å²) in [7, 11) is 3.18. The molecule has 0 unspecified atom stereocenters. The maximum atomic E-state index is 8.80. The quantitative estimate of drug-likeness (QED) is 0.846. The number of aliphatic hydroxyl groups excluding tert-OH is 1. The van der Waals surface area contributed by atoms with Gasteiger partial charge in [0.2, 0.25) is 0 Å². The van der Waals surface area contributed by atoms with Crippen molar-refractivity contribution in [3.05, 3.63) is 22.2 Å². The molecular formula is C12H18BrNO3. The molecule has 0 aliphatic rings. The molecule has 0 spiro atoms. The number of methoxy groups -OCH3 is 2. The lowest BCUT2D eigenvalue weighted by atomic mass is 10.0. The van der Waals surface area contributed by atoms with Crippen LogP contribution in [0.2, 0.25) is 0 Å². The smallest absolute Gasteiger partial charge is 0.161 e. The van der Waals surface area contributed by atoms with Gasteiger partial charge in [-0.05, 0) is 30.5 Å². The molecule has 0 aliphatic heterocycles. The van der Waals surface area contributed by atoms with Crippen molar-refractivity contribution in [3.8, 4) is 11.5 Å². The fourth-order valence-corrected chi connectivity index (χ4v) is 2.24. The lowest BCUT2D eigenvalue weighted by Crippen LogP contribution is -2.12. The molecule has 0 fully saturated rings. The van der Waals surface area contributed by atoms with Gasteiger partial charge in [0, 0.05) is 17.1 Å². The first-order valence-electron chi connectivity index (χ1n) is 5.41. The molecule has 1 aromatic rings. The highest BCUT2D eigenvalue weighted by molar-refractivity contribution is 9.10. The predicted octanol–water partition coefficient (Wildman–Crippen LogP) is 2.24.